The first-order valence-corrected chi connectivity index (χ1v) is 7.52. The van der Waals surface area contributed by atoms with Crippen LogP contribution in [0.1, 0.15) is 19.4 Å². The number of halogens is 1. The van der Waals surface area contributed by atoms with Crippen molar-refractivity contribution >= 4 is 18.0 Å². The van der Waals surface area contributed by atoms with Crippen LogP contribution in [0.25, 0.3) is 0 Å². The summed E-state index contributed by atoms with van der Waals surface area (Å²) in [4.78, 5) is 33.4. The van der Waals surface area contributed by atoms with Crippen LogP contribution in [0.5, 0.6) is 0 Å². The summed E-state index contributed by atoms with van der Waals surface area (Å²) < 4.78 is 14.1. The largest absolute Gasteiger partial charge is 0.503 e. The molecule has 1 heterocycles. The minimum Gasteiger partial charge on any atom is -0.450 e. The Bertz CT molecular complexity index is 646. The fourth-order valence-corrected chi connectivity index (χ4v) is 2.26. The Kier molecular flexibility index (Phi) is 7.10. The predicted octanol–water partition coefficient (Wildman–Crippen LogP) is 2.04. The molecular formula is C17H21FN2O5. The molecule has 8 heteroatoms. The Morgan fingerprint density at radius 3 is 2.28 bits per heavy atom. The smallest absolute Gasteiger partial charge is 0.450 e. The van der Waals surface area contributed by atoms with Gasteiger partial charge in [-0.15, -0.1) is 0 Å². The topological polar surface area (TPSA) is 107 Å². The Balaban J connectivity index is 0.000000705. The van der Waals surface area contributed by atoms with Gasteiger partial charge in [0.1, 0.15) is 0 Å². The number of carboxylic acid groups (broad SMARTS) is 2. The third-order valence-electron chi connectivity index (χ3n) is 3.72. The number of rotatable bonds is 5. The van der Waals surface area contributed by atoms with E-state index in [1.165, 1.54) is 0 Å². The van der Waals surface area contributed by atoms with E-state index in [2.05, 4.69) is 11.9 Å². The fourth-order valence-electron chi connectivity index (χ4n) is 2.26. The fraction of sp³-hybridized carbons (Fsp3) is 0.353. The average molecular weight is 352 g/mol. The van der Waals surface area contributed by atoms with E-state index in [1.54, 1.807) is 13.8 Å². The molecule has 0 aliphatic carbocycles. The van der Waals surface area contributed by atoms with E-state index in [0.29, 0.717) is 5.57 Å². The molecule has 2 amide bonds. The minimum atomic E-state index is -1.83. The summed E-state index contributed by atoms with van der Waals surface area (Å²) in [5.41, 5.74) is 1.53. The van der Waals surface area contributed by atoms with Crippen molar-refractivity contribution in [2.75, 3.05) is 0 Å². The first-order valence-electron chi connectivity index (χ1n) is 7.52. The Morgan fingerprint density at radius 1 is 1.32 bits per heavy atom. The van der Waals surface area contributed by atoms with Crippen LogP contribution in [-0.4, -0.2) is 51.5 Å². The average Bonchev–Trinajstić information content (AvgIpc) is 2.53. The van der Waals surface area contributed by atoms with Crippen LogP contribution in [0, 0.1) is 0 Å². The first-order chi connectivity index (χ1) is 11.6. The second-order valence-corrected chi connectivity index (χ2v) is 5.63. The third-order valence-corrected chi connectivity index (χ3v) is 3.72. The zero-order valence-electron chi connectivity index (χ0n) is 14.0. The van der Waals surface area contributed by atoms with Gasteiger partial charge < -0.3 is 20.4 Å². The van der Waals surface area contributed by atoms with E-state index in [-0.39, 0.29) is 18.4 Å². The van der Waals surface area contributed by atoms with E-state index in [9.17, 15) is 14.0 Å². The SMILES string of the molecule is C=C(C)C(C)N1C(=O)C(NC(=O)Cc2ccccc2)C1F.O=C(O)O. The van der Waals surface area contributed by atoms with Gasteiger partial charge >= 0.3 is 6.16 Å². The van der Waals surface area contributed by atoms with Gasteiger partial charge in [0, 0.05) is 0 Å². The lowest BCUT2D eigenvalue weighted by atomic mass is 9.99. The molecule has 0 radical (unpaired) electrons. The van der Waals surface area contributed by atoms with Gasteiger partial charge in [-0.1, -0.05) is 42.5 Å². The molecule has 0 spiro atoms. The van der Waals surface area contributed by atoms with E-state index in [4.69, 9.17) is 15.0 Å². The molecule has 1 aromatic carbocycles. The van der Waals surface area contributed by atoms with Gasteiger partial charge in [-0.25, -0.2) is 9.18 Å². The van der Waals surface area contributed by atoms with Gasteiger partial charge in [-0.3, -0.25) is 9.59 Å². The number of carbonyl (C=O) groups is 3. The minimum absolute atomic E-state index is 0.132. The molecule has 136 valence electrons. The van der Waals surface area contributed by atoms with Gasteiger partial charge in [-0.05, 0) is 19.4 Å². The van der Waals surface area contributed by atoms with Crippen LogP contribution in [0.2, 0.25) is 0 Å². The Morgan fingerprint density at radius 2 is 1.84 bits per heavy atom. The van der Waals surface area contributed by atoms with Crippen molar-refractivity contribution in [2.45, 2.75) is 38.6 Å². The number of amides is 2. The van der Waals surface area contributed by atoms with Crippen molar-refractivity contribution in [3.8, 4) is 0 Å². The highest BCUT2D eigenvalue weighted by Crippen LogP contribution is 2.26. The predicted molar refractivity (Wildman–Crippen MR) is 88.7 cm³/mol. The third kappa shape index (κ3) is 5.59. The summed E-state index contributed by atoms with van der Waals surface area (Å²) in [6.07, 6.45) is -3.20. The number of nitrogens with one attached hydrogen (secondary N) is 1. The van der Waals surface area contributed by atoms with E-state index in [1.807, 2.05) is 30.3 Å². The molecule has 3 atom stereocenters. The summed E-state index contributed by atoms with van der Waals surface area (Å²) in [6, 6.07) is 7.68. The van der Waals surface area contributed by atoms with Crippen molar-refractivity contribution in [1.82, 2.24) is 10.2 Å². The highest BCUT2D eigenvalue weighted by atomic mass is 19.1. The van der Waals surface area contributed by atoms with Gasteiger partial charge in [0.15, 0.2) is 6.04 Å². The number of alkyl halides is 1. The van der Waals surface area contributed by atoms with Gasteiger partial charge in [0.05, 0.1) is 12.5 Å². The lowest BCUT2D eigenvalue weighted by Gasteiger charge is -2.45. The van der Waals surface area contributed by atoms with Crippen LogP contribution in [0.4, 0.5) is 9.18 Å². The van der Waals surface area contributed by atoms with Crippen molar-refractivity contribution in [3.05, 3.63) is 48.0 Å². The van der Waals surface area contributed by atoms with Crippen LogP contribution in [0.3, 0.4) is 0 Å². The van der Waals surface area contributed by atoms with Crippen molar-refractivity contribution in [1.29, 1.82) is 0 Å². The van der Waals surface area contributed by atoms with Gasteiger partial charge in [-0.2, -0.15) is 0 Å². The monoisotopic (exact) mass is 352 g/mol. The molecule has 7 nitrogen and oxygen atoms in total. The molecule has 0 saturated carbocycles. The van der Waals surface area contributed by atoms with E-state index in [0.717, 1.165) is 10.5 Å². The molecule has 1 aliphatic heterocycles. The number of carbonyl (C=O) groups excluding carboxylic acids is 2. The molecule has 0 bridgehead atoms. The maximum atomic E-state index is 14.1. The number of nitrogens with zero attached hydrogens (tertiary/aromatic N) is 1. The zero-order valence-corrected chi connectivity index (χ0v) is 14.0. The highest BCUT2D eigenvalue weighted by molar-refractivity contribution is 5.93. The summed E-state index contributed by atoms with van der Waals surface area (Å²) in [6.45, 7) is 7.18. The summed E-state index contributed by atoms with van der Waals surface area (Å²) >= 11 is 0. The molecule has 3 N–H and O–H groups in total. The molecule has 1 saturated heterocycles. The second kappa shape index (κ2) is 8.81. The maximum absolute atomic E-state index is 14.1. The number of hydrogen-bond acceptors (Lipinski definition) is 3. The molecule has 25 heavy (non-hydrogen) atoms. The molecule has 1 fully saturated rings. The number of benzene rings is 1. The Labute approximate surface area is 144 Å². The van der Waals surface area contributed by atoms with Crippen molar-refractivity contribution < 1.29 is 29.0 Å². The van der Waals surface area contributed by atoms with Crippen molar-refractivity contribution in [2.24, 2.45) is 0 Å². The lowest BCUT2D eigenvalue weighted by Crippen LogP contribution is -2.71. The summed E-state index contributed by atoms with van der Waals surface area (Å²) in [5.74, 6) is -0.760. The second-order valence-electron chi connectivity index (χ2n) is 5.63. The van der Waals surface area contributed by atoms with Crippen molar-refractivity contribution in [3.63, 3.8) is 0 Å². The summed E-state index contributed by atoms with van der Waals surface area (Å²) in [7, 11) is 0. The highest BCUT2D eigenvalue weighted by Gasteiger charge is 2.50. The number of hydrogen-bond donors (Lipinski definition) is 3. The molecular weight excluding hydrogens is 331 g/mol. The first kappa shape index (κ1) is 20.1. The van der Waals surface area contributed by atoms with Gasteiger partial charge in [0.2, 0.25) is 12.2 Å². The molecule has 1 aromatic rings. The normalized spacial score (nSPS) is 19.8. The lowest BCUT2D eigenvalue weighted by molar-refractivity contribution is -0.167. The van der Waals surface area contributed by atoms with Crippen LogP contribution < -0.4 is 5.32 Å². The summed E-state index contributed by atoms with van der Waals surface area (Å²) in [5, 5.41) is 16.4. The van der Waals surface area contributed by atoms with E-state index >= 15 is 0 Å². The molecule has 2 rings (SSSR count). The van der Waals surface area contributed by atoms with Crippen LogP contribution in [0.15, 0.2) is 42.5 Å². The van der Waals surface area contributed by atoms with E-state index < -0.39 is 24.4 Å². The number of likely N-dealkylation sites (tertiary alicyclic amines) is 1. The molecule has 0 aromatic heterocycles. The van der Waals surface area contributed by atoms with Gasteiger partial charge in [0.25, 0.3) is 5.91 Å². The maximum Gasteiger partial charge on any atom is 0.503 e. The van der Waals surface area contributed by atoms with Crippen LogP contribution in [-0.2, 0) is 16.0 Å². The Hall–Kier alpha value is -2.90. The zero-order chi connectivity index (χ0) is 19.1. The quantitative estimate of drug-likeness (QED) is 0.427. The van der Waals surface area contributed by atoms with Crippen LogP contribution >= 0.6 is 0 Å². The molecule has 3 unspecified atom stereocenters. The standard InChI is InChI=1S/C16H19FN2O2.CH2O3/c1-10(2)11(3)19-15(17)14(16(19)21)18-13(20)9-12-7-5-4-6-8-12;2-1(3)4/h4-8,11,14-15H,1,9H2,2-3H3,(H,18,20);(H2,2,3,4). The molecule has 1 aliphatic rings. The number of β-lactam (4-membered cyclic amide) rings is 1.